The Balaban J connectivity index is 2.02. The van der Waals surface area contributed by atoms with Crippen LogP contribution in [0, 0.1) is 11.8 Å². The first-order chi connectivity index (χ1) is 15.3. The highest BCUT2D eigenvalue weighted by Crippen LogP contribution is 2.38. The van der Waals surface area contributed by atoms with Crippen molar-refractivity contribution in [3.05, 3.63) is 30.1 Å². The Morgan fingerprint density at radius 3 is 2.70 bits per heavy atom. The molecule has 1 saturated carbocycles. The zero-order valence-electron chi connectivity index (χ0n) is 18.4. The van der Waals surface area contributed by atoms with Gasteiger partial charge in [-0.3, -0.25) is 9.59 Å². The number of nitrogens with one attached hydrogen (secondary N) is 3. The molecule has 2 amide bonds. The van der Waals surface area contributed by atoms with Gasteiger partial charge in [0.1, 0.15) is 10.7 Å². The smallest absolute Gasteiger partial charge is 0.341 e. The molecule has 2 aromatic rings. The summed E-state index contributed by atoms with van der Waals surface area (Å²) < 4.78 is 71.7. The van der Waals surface area contributed by atoms with Gasteiger partial charge in [0.05, 0.1) is 5.69 Å². The predicted octanol–water partition coefficient (Wildman–Crippen LogP) is 1.57. The fourth-order valence-electron chi connectivity index (χ4n) is 2.62. The molecule has 13 heteroatoms. The van der Waals surface area contributed by atoms with Crippen molar-refractivity contribution < 1.29 is 30.9 Å². The van der Waals surface area contributed by atoms with Gasteiger partial charge in [-0.15, -0.1) is 10.2 Å². The van der Waals surface area contributed by atoms with Crippen LogP contribution in [0.4, 0.5) is 26.1 Å². The molecule has 3 rings (SSSR count). The molecule has 0 bridgehead atoms. The Morgan fingerprint density at radius 1 is 1.33 bits per heavy atom. The normalized spacial score (nSPS) is 19.9. The molecular weight excluding hydrogens is 422 g/mol. The maximum absolute atomic E-state index is 13.1. The van der Waals surface area contributed by atoms with Crippen LogP contribution in [0.2, 0.25) is 0 Å². The summed E-state index contributed by atoms with van der Waals surface area (Å²) in [5.74, 6) is -6.08. The van der Waals surface area contributed by atoms with E-state index in [1.807, 2.05) is 6.92 Å². The Hall–Kier alpha value is -3.22. The SMILES string of the molecule is [2H]C([2H])([2H])NC(=O)c1nnc(NC(=O)C2CC2C)cc1Nc1ncccc1S(=O)(=O)C(F)F. The fraction of sp³-hybridized carbons (Fsp3) is 0.353. The number of carbonyl (C=O) groups is 2. The first-order valence-electron chi connectivity index (χ1n) is 10.0. The fourth-order valence-corrected chi connectivity index (χ4v) is 3.45. The van der Waals surface area contributed by atoms with Crippen molar-refractivity contribution in [2.24, 2.45) is 11.8 Å². The standard InChI is InChI=1S/C17H18F2N6O4S/c1-8-6-9(8)15(26)23-12-7-10(13(25-24-12)16(27)20-2)22-14-11(4-3-5-21-14)30(28,29)17(18)19/h3-5,7-9,17H,6H2,1-2H3,(H,20,27)(H2,21,22,23,24,26)/i2D3. The number of carbonyl (C=O) groups excluding carboxylic acids is 2. The van der Waals surface area contributed by atoms with E-state index in [9.17, 15) is 26.8 Å². The number of sulfone groups is 1. The first-order valence-corrected chi connectivity index (χ1v) is 10.1. The van der Waals surface area contributed by atoms with E-state index in [-0.39, 0.29) is 29.2 Å². The van der Waals surface area contributed by atoms with Crippen LogP contribution in [0.25, 0.3) is 0 Å². The third-order valence-corrected chi connectivity index (χ3v) is 5.80. The quantitative estimate of drug-likeness (QED) is 0.585. The average molecular weight is 443 g/mol. The molecule has 10 nitrogen and oxygen atoms in total. The van der Waals surface area contributed by atoms with Crippen molar-refractivity contribution in [3.63, 3.8) is 0 Å². The van der Waals surface area contributed by atoms with Crippen LogP contribution in [0.15, 0.2) is 29.3 Å². The Morgan fingerprint density at radius 2 is 2.07 bits per heavy atom. The second-order valence-electron chi connectivity index (χ2n) is 6.54. The summed E-state index contributed by atoms with van der Waals surface area (Å²) in [6, 6.07) is 3.08. The van der Waals surface area contributed by atoms with Gasteiger partial charge in [0.2, 0.25) is 15.7 Å². The highest BCUT2D eigenvalue weighted by molar-refractivity contribution is 7.91. The lowest BCUT2D eigenvalue weighted by molar-refractivity contribution is -0.117. The first kappa shape index (κ1) is 17.6. The molecule has 0 spiro atoms. The minimum Gasteiger partial charge on any atom is -0.354 e. The van der Waals surface area contributed by atoms with E-state index >= 15 is 0 Å². The van der Waals surface area contributed by atoms with E-state index in [1.165, 1.54) is 0 Å². The number of hydrogen-bond donors (Lipinski definition) is 3. The second kappa shape index (κ2) is 8.26. The summed E-state index contributed by atoms with van der Waals surface area (Å²) in [5.41, 5.74) is -0.926. The number of pyridine rings is 1. The average Bonchev–Trinajstić information content (AvgIpc) is 3.44. The topological polar surface area (TPSA) is 143 Å². The summed E-state index contributed by atoms with van der Waals surface area (Å²) in [5, 5.41) is 13.9. The van der Waals surface area contributed by atoms with Crippen LogP contribution in [0.1, 0.15) is 27.9 Å². The molecule has 1 aliphatic rings. The molecule has 0 saturated heterocycles. The Bertz CT molecular complexity index is 1200. The molecule has 3 N–H and O–H groups in total. The summed E-state index contributed by atoms with van der Waals surface area (Å²) in [6.45, 7) is -1.02. The minimum absolute atomic E-state index is 0.138. The van der Waals surface area contributed by atoms with Gasteiger partial charge in [0, 0.05) is 29.3 Å². The summed E-state index contributed by atoms with van der Waals surface area (Å²) in [7, 11) is -5.08. The van der Waals surface area contributed by atoms with Gasteiger partial charge in [-0.25, -0.2) is 13.4 Å². The van der Waals surface area contributed by atoms with Crippen molar-refractivity contribution in [3.8, 4) is 0 Å². The van der Waals surface area contributed by atoms with Crippen molar-refractivity contribution in [1.29, 1.82) is 0 Å². The molecule has 160 valence electrons. The monoisotopic (exact) mass is 443 g/mol. The van der Waals surface area contributed by atoms with Crippen LogP contribution < -0.4 is 16.0 Å². The van der Waals surface area contributed by atoms with Gasteiger partial charge in [0.15, 0.2) is 11.5 Å². The largest absolute Gasteiger partial charge is 0.354 e. The summed E-state index contributed by atoms with van der Waals surface area (Å²) in [6.07, 6.45) is 1.78. The maximum Gasteiger partial charge on any atom is 0.341 e. The number of rotatable bonds is 7. The van der Waals surface area contributed by atoms with Gasteiger partial charge >= 0.3 is 5.76 Å². The van der Waals surface area contributed by atoms with E-state index < -0.39 is 44.9 Å². The number of hydrogen-bond acceptors (Lipinski definition) is 8. The Kier molecular flexibility index (Phi) is 4.85. The molecular formula is C17H18F2N6O4S. The lowest BCUT2D eigenvalue weighted by Gasteiger charge is -2.14. The molecule has 2 unspecified atom stereocenters. The summed E-state index contributed by atoms with van der Waals surface area (Å²) in [4.78, 5) is 27.5. The zero-order valence-corrected chi connectivity index (χ0v) is 16.2. The van der Waals surface area contributed by atoms with Gasteiger partial charge in [-0.1, -0.05) is 6.92 Å². The Labute approximate surface area is 174 Å². The van der Waals surface area contributed by atoms with E-state index in [1.54, 1.807) is 5.32 Å². The third-order valence-electron chi connectivity index (χ3n) is 4.38. The van der Waals surface area contributed by atoms with Crippen molar-refractivity contribution in [2.45, 2.75) is 24.0 Å². The van der Waals surface area contributed by atoms with Gasteiger partial charge < -0.3 is 16.0 Å². The molecule has 0 aliphatic heterocycles. The van der Waals surface area contributed by atoms with Crippen molar-refractivity contribution >= 4 is 39.0 Å². The highest BCUT2D eigenvalue weighted by Gasteiger charge is 2.39. The number of amides is 2. The van der Waals surface area contributed by atoms with Crippen LogP contribution in [-0.2, 0) is 14.6 Å². The van der Waals surface area contributed by atoms with Gasteiger partial charge in [-0.05, 0) is 24.5 Å². The molecule has 1 aliphatic carbocycles. The third kappa shape index (κ3) is 4.35. The molecule has 1 fully saturated rings. The molecule has 2 atom stereocenters. The van der Waals surface area contributed by atoms with Crippen molar-refractivity contribution in [2.75, 3.05) is 17.6 Å². The van der Waals surface area contributed by atoms with Crippen LogP contribution in [0.3, 0.4) is 0 Å². The van der Waals surface area contributed by atoms with E-state index in [0.717, 1.165) is 24.4 Å². The lowest BCUT2D eigenvalue weighted by Crippen LogP contribution is -2.23. The molecule has 30 heavy (non-hydrogen) atoms. The van der Waals surface area contributed by atoms with Crippen LogP contribution >= 0.6 is 0 Å². The molecule has 2 heterocycles. The van der Waals surface area contributed by atoms with Crippen LogP contribution in [-0.4, -0.2) is 48.1 Å². The molecule has 0 aromatic carbocycles. The van der Waals surface area contributed by atoms with Crippen molar-refractivity contribution in [1.82, 2.24) is 20.5 Å². The second-order valence-corrected chi connectivity index (χ2v) is 8.42. The molecule has 0 radical (unpaired) electrons. The van der Waals surface area contributed by atoms with E-state index in [2.05, 4.69) is 25.8 Å². The maximum atomic E-state index is 13.1. The lowest BCUT2D eigenvalue weighted by atomic mass is 10.2. The number of anilines is 3. The number of aromatic nitrogens is 3. The zero-order chi connectivity index (χ0) is 24.6. The number of nitrogens with zero attached hydrogens (tertiary/aromatic N) is 3. The van der Waals surface area contributed by atoms with Gasteiger partial charge in [-0.2, -0.15) is 8.78 Å². The summed E-state index contributed by atoms with van der Waals surface area (Å²) >= 11 is 0. The minimum atomic E-state index is -5.08. The van der Waals surface area contributed by atoms with Crippen LogP contribution in [0.5, 0.6) is 0 Å². The number of alkyl halides is 2. The molecule has 2 aromatic heterocycles. The van der Waals surface area contributed by atoms with E-state index in [0.29, 0.717) is 6.42 Å². The van der Waals surface area contributed by atoms with Gasteiger partial charge in [0.25, 0.3) is 5.91 Å². The number of halogens is 2. The predicted molar refractivity (Wildman–Crippen MR) is 102 cm³/mol. The highest BCUT2D eigenvalue weighted by atomic mass is 32.2. The van der Waals surface area contributed by atoms with E-state index in [4.69, 9.17) is 4.11 Å².